The molecule has 0 aliphatic carbocycles. The Labute approximate surface area is 193 Å². The molecule has 2 fully saturated rings. The van der Waals surface area contributed by atoms with Crippen LogP contribution >= 0.6 is 11.8 Å². The van der Waals surface area contributed by atoms with Gasteiger partial charge < -0.3 is 19.3 Å². The Kier molecular flexibility index (Phi) is 5.82. The molecule has 8 heteroatoms. The Morgan fingerprint density at radius 1 is 1.00 bits per heavy atom. The predicted octanol–water partition coefficient (Wildman–Crippen LogP) is 2.69. The van der Waals surface area contributed by atoms with Crippen molar-refractivity contribution in [1.82, 2.24) is 19.4 Å². The summed E-state index contributed by atoms with van der Waals surface area (Å²) >= 11 is 1.88. The molecule has 32 heavy (non-hydrogen) atoms. The monoisotopic (exact) mass is 450 g/mol. The molecular weight excluding hydrogens is 420 g/mol. The highest BCUT2D eigenvalue weighted by Crippen LogP contribution is 2.32. The average Bonchev–Trinajstić information content (AvgIpc) is 3.31. The first-order valence-electron chi connectivity index (χ1n) is 11.2. The number of benzene rings is 1. The quantitative estimate of drug-likeness (QED) is 0.606. The number of hydrogen-bond acceptors (Lipinski definition) is 7. The zero-order valence-corrected chi connectivity index (χ0v) is 19.8. The number of fused-ring (bicyclic) bond motifs is 1. The summed E-state index contributed by atoms with van der Waals surface area (Å²) in [4.78, 5) is 29.6. The number of hydrogen-bond donors (Lipinski definition) is 0. The molecule has 4 heterocycles. The average molecular weight is 451 g/mol. The lowest BCUT2D eigenvalue weighted by Gasteiger charge is -2.34. The summed E-state index contributed by atoms with van der Waals surface area (Å²) in [6.07, 6.45) is 4.86. The highest BCUT2D eigenvalue weighted by Gasteiger charge is 2.26. The summed E-state index contributed by atoms with van der Waals surface area (Å²) in [5, 5.41) is 1.19. The molecule has 2 aliphatic heterocycles. The Bertz CT molecular complexity index is 1170. The number of aryl methyl sites for hydroxylation is 1. The van der Waals surface area contributed by atoms with Crippen LogP contribution in [0.2, 0.25) is 0 Å². The summed E-state index contributed by atoms with van der Waals surface area (Å²) in [6.45, 7) is 6.10. The van der Waals surface area contributed by atoms with Crippen LogP contribution < -0.4 is 15.4 Å². The van der Waals surface area contributed by atoms with Crippen LogP contribution in [0.25, 0.3) is 22.2 Å². The maximum Gasteiger partial charge on any atom is 0.264 e. The molecule has 168 valence electrons. The Morgan fingerprint density at radius 2 is 1.75 bits per heavy atom. The predicted molar refractivity (Wildman–Crippen MR) is 134 cm³/mol. The van der Waals surface area contributed by atoms with Crippen LogP contribution in [0.4, 0.5) is 11.5 Å². The number of piperazine rings is 1. The molecule has 1 unspecified atom stereocenters. The van der Waals surface area contributed by atoms with Crippen LogP contribution in [-0.2, 0) is 7.05 Å². The zero-order valence-electron chi connectivity index (χ0n) is 19.0. The summed E-state index contributed by atoms with van der Waals surface area (Å²) in [6, 6.07) is 10.6. The summed E-state index contributed by atoms with van der Waals surface area (Å²) in [5.74, 6) is 0.769. The third kappa shape index (κ3) is 3.97. The van der Waals surface area contributed by atoms with Crippen molar-refractivity contribution in [2.45, 2.75) is 11.7 Å². The number of aromatic nitrogens is 3. The van der Waals surface area contributed by atoms with Crippen molar-refractivity contribution in [1.29, 1.82) is 0 Å². The number of pyridine rings is 1. The lowest BCUT2D eigenvalue weighted by molar-refractivity contribution is 0.313. The van der Waals surface area contributed by atoms with Crippen LogP contribution in [0, 0.1) is 0 Å². The van der Waals surface area contributed by atoms with Gasteiger partial charge in [0.2, 0.25) is 0 Å². The van der Waals surface area contributed by atoms with E-state index in [9.17, 15) is 4.79 Å². The maximum atomic E-state index is 13.0. The van der Waals surface area contributed by atoms with E-state index < -0.39 is 0 Å². The smallest absolute Gasteiger partial charge is 0.264 e. The second-order valence-corrected chi connectivity index (χ2v) is 9.95. The molecule has 2 aliphatic rings. The van der Waals surface area contributed by atoms with Gasteiger partial charge in [0.15, 0.2) is 0 Å². The van der Waals surface area contributed by atoms with Crippen molar-refractivity contribution in [3.63, 3.8) is 0 Å². The molecule has 1 atom stereocenters. The van der Waals surface area contributed by atoms with Gasteiger partial charge in [-0.15, -0.1) is 0 Å². The van der Waals surface area contributed by atoms with Gasteiger partial charge in [0.05, 0.1) is 17.5 Å². The molecule has 7 nitrogen and oxygen atoms in total. The first-order chi connectivity index (χ1) is 15.5. The molecule has 0 saturated carbocycles. The van der Waals surface area contributed by atoms with Gasteiger partial charge in [-0.2, -0.15) is 11.8 Å². The topological polar surface area (TPSA) is 57.5 Å². The lowest BCUT2D eigenvalue weighted by Crippen LogP contribution is -2.44. The van der Waals surface area contributed by atoms with Crippen LogP contribution in [0.15, 0.2) is 41.5 Å². The number of rotatable bonds is 4. The molecule has 5 rings (SSSR count). The second kappa shape index (κ2) is 8.75. The molecule has 3 aromatic rings. The fraction of sp³-hybridized carbons (Fsp3) is 0.458. The van der Waals surface area contributed by atoms with E-state index in [1.807, 2.05) is 17.8 Å². The molecule has 0 bridgehead atoms. The number of anilines is 2. The van der Waals surface area contributed by atoms with E-state index in [4.69, 9.17) is 4.98 Å². The SMILES string of the molecule is CSC1CCN(c2nc(-c3ccc(N4CCN(C)CC4)cc3)cc3ncn(C)c(=O)c23)C1. The first kappa shape index (κ1) is 21.3. The first-order valence-corrected chi connectivity index (χ1v) is 12.5. The minimum absolute atomic E-state index is 0.0398. The Balaban J connectivity index is 1.53. The third-order valence-corrected chi connectivity index (χ3v) is 7.74. The fourth-order valence-corrected chi connectivity index (χ4v) is 5.27. The van der Waals surface area contributed by atoms with Gasteiger partial charge >= 0.3 is 0 Å². The van der Waals surface area contributed by atoms with E-state index in [1.54, 1.807) is 17.9 Å². The molecule has 1 aromatic carbocycles. The van der Waals surface area contributed by atoms with Crippen molar-refractivity contribution in [3.8, 4) is 11.3 Å². The standard InChI is InChI=1S/C24H30N6OS/c1-27-10-12-29(13-11-27)18-6-4-17(5-7-18)20-14-21-22(24(31)28(2)16-25-21)23(26-20)30-9-8-19(15-30)32-3/h4-7,14,16,19H,8-13,15H2,1-3H3. The van der Waals surface area contributed by atoms with Crippen LogP contribution in [0.5, 0.6) is 0 Å². The van der Waals surface area contributed by atoms with Gasteiger partial charge in [-0.25, -0.2) is 9.97 Å². The van der Waals surface area contributed by atoms with Gasteiger partial charge in [0.25, 0.3) is 5.56 Å². The van der Waals surface area contributed by atoms with Crippen LogP contribution in [0.3, 0.4) is 0 Å². The highest BCUT2D eigenvalue weighted by molar-refractivity contribution is 7.99. The van der Waals surface area contributed by atoms with Crippen LogP contribution in [0.1, 0.15) is 6.42 Å². The minimum atomic E-state index is -0.0398. The van der Waals surface area contributed by atoms with Gasteiger partial charge in [-0.1, -0.05) is 12.1 Å². The van der Waals surface area contributed by atoms with E-state index in [2.05, 4.69) is 57.3 Å². The van der Waals surface area contributed by atoms with Gasteiger partial charge in [0.1, 0.15) is 11.2 Å². The molecule has 0 amide bonds. The lowest BCUT2D eigenvalue weighted by atomic mass is 10.1. The highest BCUT2D eigenvalue weighted by atomic mass is 32.2. The number of thioether (sulfide) groups is 1. The van der Waals surface area contributed by atoms with Gasteiger partial charge in [-0.3, -0.25) is 4.79 Å². The maximum absolute atomic E-state index is 13.0. The normalized spacial score (nSPS) is 19.8. The number of likely N-dealkylation sites (N-methyl/N-ethyl adjacent to an activating group) is 1. The van der Waals surface area contributed by atoms with Crippen molar-refractivity contribution >= 4 is 34.2 Å². The summed E-state index contributed by atoms with van der Waals surface area (Å²) in [5.41, 5.74) is 3.84. The summed E-state index contributed by atoms with van der Waals surface area (Å²) in [7, 11) is 3.92. The molecule has 2 aromatic heterocycles. The van der Waals surface area contributed by atoms with Gasteiger partial charge in [-0.05, 0) is 37.9 Å². The van der Waals surface area contributed by atoms with E-state index >= 15 is 0 Å². The molecular formula is C24H30N6OS. The summed E-state index contributed by atoms with van der Waals surface area (Å²) < 4.78 is 1.54. The molecule has 0 spiro atoms. The van der Waals surface area contributed by atoms with Crippen molar-refractivity contribution in [2.75, 3.05) is 62.4 Å². The van der Waals surface area contributed by atoms with E-state index in [1.165, 1.54) is 5.69 Å². The molecule has 0 radical (unpaired) electrons. The van der Waals surface area contributed by atoms with Crippen molar-refractivity contribution in [3.05, 3.63) is 47.0 Å². The fourth-order valence-electron chi connectivity index (χ4n) is 4.60. The third-order valence-electron chi connectivity index (χ3n) is 6.69. The van der Waals surface area contributed by atoms with Crippen LogP contribution in [-0.4, -0.2) is 77.3 Å². The Morgan fingerprint density at radius 3 is 2.44 bits per heavy atom. The molecule has 0 N–H and O–H groups in total. The van der Waals surface area contributed by atoms with Gasteiger partial charge in [0, 0.05) is 62.8 Å². The van der Waals surface area contributed by atoms with E-state index in [0.29, 0.717) is 16.2 Å². The zero-order chi connectivity index (χ0) is 22.2. The molecule has 2 saturated heterocycles. The van der Waals surface area contributed by atoms with Crippen molar-refractivity contribution < 1.29 is 0 Å². The minimum Gasteiger partial charge on any atom is -0.369 e. The largest absolute Gasteiger partial charge is 0.369 e. The van der Waals surface area contributed by atoms with Crippen molar-refractivity contribution in [2.24, 2.45) is 7.05 Å². The van der Waals surface area contributed by atoms with E-state index in [0.717, 1.165) is 62.8 Å². The number of nitrogens with zero attached hydrogens (tertiary/aromatic N) is 6. The second-order valence-electron chi connectivity index (χ2n) is 8.82. The Hall–Kier alpha value is -2.58. The van der Waals surface area contributed by atoms with E-state index in [-0.39, 0.29) is 5.56 Å².